The second-order valence-corrected chi connectivity index (χ2v) is 12.7. The van der Waals surface area contributed by atoms with Gasteiger partial charge in [-0.1, -0.05) is 15.9 Å². The molecule has 1 saturated carbocycles. The number of benzene rings is 2. The number of nitrogens with one attached hydrogen (secondary N) is 2. The summed E-state index contributed by atoms with van der Waals surface area (Å²) in [4.78, 5) is 38.9. The SMILES string of the molecule is Cn1nc(C2CCC(=O)NC2=O)c2ccc(NC(=O)CN3CCC4(CC3)CC(Oc3ccc(Br)c(C(F)(F)F)c3)C4)cc21. The first-order valence-corrected chi connectivity index (χ1v) is 15.0. The number of likely N-dealkylation sites (tertiary alicyclic amines) is 1. The molecule has 2 aromatic carbocycles. The number of aryl methyl sites for hydroxylation is 1. The maximum Gasteiger partial charge on any atom is 0.417 e. The summed E-state index contributed by atoms with van der Waals surface area (Å²) in [5.41, 5.74) is 1.38. The van der Waals surface area contributed by atoms with Crippen molar-refractivity contribution in [1.82, 2.24) is 20.0 Å². The van der Waals surface area contributed by atoms with Crippen LogP contribution in [-0.2, 0) is 27.6 Å². The van der Waals surface area contributed by atoms with Crippen molar-refractivity contribution in [2.75, 3.05) is 25.0 Å². The Bertz CT molecular complexity index is 1590. The molecule has 2 aliphatic heterocycles. The molecule has 1 aromatic heterocycles. The maximum atomic E-state index is 13.2. The summed E-state index contributed by atoms with van der Waals surface area (Å²) in [5, 5.41) is 10.7. The number of anilines is 1. The van der Waals surface area contributed by atoms with E-state index in [1.165, 1.54) is 6.07 Å². The van der Waals surface area contributed by atoms with Crippen molar-refractivity contribution in [3.05, 3.63) is 52.1 Å². The fourth-order valence-electron chi connectivity index (χ4n) is 6.55. The molecule has 228 valence electrons. The minimum atomic E-state index is -4.45. The van der Waals surface area contributed by atoms with Crippen molar-refractivity contribution in [3.63, 3.8) is 0 Å². The standard InChI is InChI=1S/C30H31BrF3N5O4/c1-38-24-12-17(2-4-20(24)27(37-38)21-5-7-25(40)36-28(21)42)35-26(41)16-39-10-8-29(9-11-39)14-19(15-29)43-18-3-6-23(31)22(13-18)30(32,33)34/h2-4,6,12-13,19,21H,5,7-11,14-16H2,1H3,(H,35,41)(H,36,40,42). The number of hydrogen-bond acceptors (Lipinski definition) is 6. The highest BCUT2D eigenvalue weighted by Crippen LogP contribution is 2.50. The average molecular weight is 663 g/mol. The highest BCUT2D eigenvalue weighted by Gasteiger charge is 2.47. The molecule has 9 nitrogen and oxygen atoms in total. The van der Waals surface area contributed by atoms with Crippen LogP contribution in [0, 0.1) is 5.41 Å². The van der Waals surface area contributed by atoms with Crippen molar-refractivity contribution in [3.8, 4) is 5.75 Å². The highest BCUT2D eigenvalue weighted by molar-refractivity contribution is 9.10. The van der Waals surface area contributed by atoms with Crippen LogP contribution in [0.2, 0.25) is 0 Å². The monoisotopic (exact) mass is 661 g/mol. The molecule has 3 aliphatic rings. The van der Waals surface area contributed by atoms with Crippen molar-refractivity contribution in [2.45, 2.75) is 56.7 Å². The van der Waals surface area contributed by atoms with E-state index in [4.69, 9.17) is 4.74 Å². The first kappa shape index (κ1) is 29.6. The topological polar surface area (TPSA) is 106 Å². The predicted octanol–water partition coefficient (Wildman–Crippen LogP) is 5.14. The third-order valence-electron chi connectivity index (χ3n) is 8.88. The third kappa shape index (κ3) is 6.14. The van der Waals surface area contributed by atoms with Crippen LogP contribution in [0.25, 0.3) is 10.9 Å². The summed E-state index contributed by atoms with van der Waals surface area (Å²) < 4.78 is 47.2. The second kappa shape index (κ2) is 11.2. The smallest absolute Gasteiger partial charge is 0.417 e. The van der Waals surface area contributed by atoms with Crippen molar-refractivity contribution >= 4 is 50.2 Å². The predicted molar refractivity (Wildman–Crippen MR) is 155 cm³/mol. The van der Waals surface area contributed by atoms with Gasteiger partial charge in [-0.2, -0.15) is 18.3 Å². The number of halogens is 4. The molecule has 3 amide bonds. The molecule has 0 bridgehead atoms. The highest BCUT2D eigenvalue weighted by atomic mass is 79.9. The number of nitrogens with zero attached hydrogens (tertiary/aromatic N) is 3. The Labute approximate surface area is 254 Å². The van der Waals surface area contributed by atoms with E-state index in [1.807, 2.05) is 12.1 Å². The summed E-state index contributed by atoms with van der Waals surface area (Å²) in [6.45, 7) is 1.76. The minimum absolute atomic E-state index is 0.00900. The molecule has 2 N–H and O–H groups in total. The quantitative estimate of drug-likeness (QED) is 0.355. The fourth-order valence-corrected chi connectivity index (χ4v) is 7.02. The lowest BCUT2D eigenvalue weighted by Gasteiger charge is -2.51. The summed E-state index contributed by atoms with van der Waals surface area (Å²) >= 11 is 2.96. The van der Waals surface area contributed by atoms with E-state index in [2.05, 4.69) is 36.6 Å². The van der Waals surface area contributed by atoms with E-state index in [0.29, 0.717) is 17.8 Å². The summed E-state index contributed by atoms with van der Waals surface area (Å²) in [7, 11) is 1.78. The first-order chi connectivity index (χ1) is 20.4. The number of amides is 3. The van der Waals surface area contributed by atoms with E-state index < -0.39 is 17.7 Å². The normalized spacial score (nSPS) is 21.1. The molecule has 1 atom stereocenters. The molecule has 0 radical (unpaired) electrons. The van der Waals surface area contributed by atoms with E-state index in [9.17, 15) is 27.6 Å². The lowest BCUT2D eigenvalue weighted by molar-refractivity contribution is -0.138. The van der Waals surface area contributed by atoms with Crippen LogP contribution in [0.3, 0.4) is 0 Å². The number of hydrogen-bond donors (Lipinski definition) is 2. The van der Waals surface area contributed by atoms with Crippen LogP contribution in [0.5, 0.6) is 5.75 Å². The molecule has 3 aromatic rings. The number of rotatable bonds is 6. The van der Waals surface area contributed by atoms with E-state index in [0.717, 1.165) is 55.7 Å². The molecule has 13 heteroatoms. The number of ether oxygens (including phenoxy) is 1. The largest absolute Gasteiger partial charge is 0.490 e. The Morgan fingerprint density at radius 3 is 2.60 bits per heavy atom. The Hall–Kier alpha value is -3.45. The van der Waals surface area contributed by atoms with Gasteiger partial charge in [0.25, 0.3) is 0 Å². The molecule has 43 heavy (non-hydrogen) atoms. The number of carbonyl (C=O) groups excluding carboxylic acids is 3. The van der Waals surface area contributed by atoms with Gasteiger partial charge in [0.05, 0.1) is 35.3 Å². The van der Waals surface area contributed by atoms with E-state index in [-0.39, 0.29) is 52.4 Å². The number of fused-ring (bicyclic) bond motifs is 1. The summed E-state index contributed by atoms with van der Waals surface area (Å²) in [5.74, 6) is -1.02. The number of aromatic nitrogens is 2. The molecule has 3 heterocycles. The number of imide groups is 1. The Balaban J connectivity index is 0.996. The lowest BCUT2D eigenvalue weighted by Crippen LogP contribution is -2.51. The Morgan fingerprint density at radius 1 is 1.16 bits per heavy atom. The van der Waals surface area contributed by atoms with Crippen molar-refractivity contribution in [1.29, 1.82) is 0 Å². The number of alkyl halides is 3. The Kier molecular flexibility index (Phi) is 7.74. The van der Waals surface area contributed by atoms with Gasteiger partial charge in [-0.05, 0) is 87.0 Å². The molecule has 1 unspecified atom stereocenters. The van der Waals surface area contributed by atoms with Gasteiger partial charge in [-0.3, -0.25) is 29.3 Å². The average Bonchev–Trinajstić information content (AvgIpc) is 3.24. The van der Waals surface area contributed by atoms with Crippen LogP contribution in [0.4, 0.5) is 18.9 Å². The van der Waals surface area contributed by atoms with Crippen LogP contribution in [-0.4, -0.2) is 58.1 Å². The third-order valence-corrected chi connectivity index (χ3v) is 9.58. The van der Waals surface area contributed by atoms with Crippen molar-refractivity contribution < 1.29 is 32.3 Å². The summed E-state index contributed by atoms with van der Waals surface area (Å²) in [6.07, 6.45) is -0.511. The van der Waals surface area contributed by atoms with Gasteiger partial charge in [0.2, 0.25) is 17.7 Å². The molecule has 6 rings (SSSR count). The van der Waals surface area contributed by atoms with Gasteiger partial charge in [0.15, 0.2) is 0 Å². The van der Waals surface area contributed by atoms with Crippen LogP contribution < -0.4 is 15.4 Å². The minimum Gasteiger partial charge on any atom is -0.490 e. The summed E-state index contributed by atoms with van der Waals surface area (Å²) in [6, 6.07) is 9.42. The lowest BCUT2D eigenvalue weighted by atomic mass is 9.61. The number of piperidine rings is 2. The fraction of sp³-hybridized carbons (Fsp3) is 0.467. The van der Waals surface area contributed by atoms with E-state index in [1.54, 1.807) is 23.9 Å². The Morgan fingerprint density at radius 2 is 1.91 bits per heavy atom. The van der Waals surface area contributed by atoms with E-state index >= 15 is 0 Å². The van der Waals surface area contributed by atoms with Gasteiger partial charge < -0.3 is 10.1 Å². The van der Waals surface area contributed by atoms with Crippen LogP contribution >= 0.6 is 15.9 Å². The van der Waals surface area contributed by atoms with Crippen molar-refractivity contribution in [2.24, 2.45) is 12.5 Å². The van der Waals surface area contributed by atoms with Crippen LogP contribution in [0.15, 0.2) is 40.9 Å². The zero-order valence-corrected chi connectivity index (χ0v) is 25.1. The molecule has 1 spiro atoms. The second-order valence-electron chi connectivity index (χ2n) is 11.9. The molecule has 2 saturated heterocycles. The number of carbonyl (C=O) groups is 3. The molecule has 3 fully saturated rings. The van der Waals surface area contributed by atoms with Gasteiger partial charge in [0, 0.05) is 29.0 Å². The molecular formula is C30H31BrF3N5O4. The van der Waals surface area contributed by atoms with Gasteiger partial charge in [-0.25, -0.2) is 0 Å². The van der Waals surface area contributed by atoms with Gasteiger partial charge in [0.1, 0.15) is 5.75 Å². The maximum absolute atomic E-state index is 13.2. The molecule has 1 aliphatic carbocycles. The first-order valence-electron chi connectivity index (χ1n) is 14.3. The van der Waals surface area contributed by atoms with Gasteiger partial charge >= 0.3 is 6.18 Å². The molecular weight excluding hydrogens is 631 g/mol. The van der Waals surface area contributed by atoms with Crippen LogP contribution in [0.1, 0.15) is 55.7 Å². The zero-order valence-electron chi connectivity index (χ0n) is 23.5. The van der Waals surface area contributed by atoms with Gasteiger partial charge in [-0.15, -0.1) is 0 Å². The zero-order chi connectivity index (χ0) is 30.5.